The van der Waals surface area contributed by atoms with Crippen LogP contribution < -0.4 is 0 Å². The Labute approximate surface area is 231 Å². The van der Waals surface area contributed by atoms with Gasteiger partial charge in [0, 0.05) is 38.7 Å². The quantitative estimate of drug-likeness (QED) is 0.217. The number of rotatable bonds is 5. The summed E-state index contributed by atoms with van der Waals surface area (Å²) in [4.78, 5) is 26.3. The van der Waals surface area contributed by atoms with Crippen molar-refractivity contribution in [2.24, 2.45) is 0 Å². The second kappa shape index (κ2) is 9.71. The monoisotopic (exact) mass is 516 g/mol. The number of hydrogen-bond donors (Lipinski definition) is 0. The SMILES string of the molecule is CC(=O)c1ccc(-c2nc(-c3ccccc3)nc(-c3ccc(-n4c5ccccc5c5ccccc54)cc3)n2)cc1. The minimum atomic E-state index is 0.0243. The normalized spacial score (nSPS) is 11.2. The van der Waals surface area contributed by atoms with Gasteiger partial charge in [-0.15, -0.1) is 0 Å². The molecule has 0 saturated carbocycles. The van der Waals surface area contributed by atoms with E-state index in [1.807, 2.05) is 54.6 Å². The minimum Gasteiger partial charge on any atom is -0.309 e. The van der Waals surface area contributed by atoms with Crippen LogP contribution in [0.15, 0.2) is 127 Å². The molecule has 0 aliphatic carbocycles. The first-order valence-corrected chi connectivity index (χ1v) is 13.2. The predicted molar refractivity (Wildman–Crippen MR) is 160 cm³/mol. The summed E-state index contributed by atoms with van der Waals surface area (Å²) in [5, 5.41) is 2.46. The molecule has 0 fully saturated rings. The van der Waals surface area contributed by atoms with Crippen molar-refractivity contribution in [1.82, 2.24) is 19.5 Å². The zero-order chi connectivity index (χ0) is 27.1. The predicted octanol–water partition coefficient (Wildman–Crippen LogP) is 8.17. The van der Waals surface area contributed by atoms with Gasteiger partial charge in [0.05, 0.1) is 11.0 Å². The highest BCUT2D eigenvalue weighted by molar-refractivity contribution is 6.09. The zero-order valence-corrected chi connectivity index (χ0v) is 21.8. The first-order valence-electron chi connectivity index (χ1n) is 13.2. The Morgan fingerprint density at radius 2 is 0.925 bits per heavy atom. The van der Waals surface area contributed by atoms with Crippen molar-refractivity contribution in [3.8, 4) is 39.9 Å². The minimum absolute atomic E-state index is 0.0243. The molecule has 0 saturated heterocycles. The summed E-state index contributed by atoms with van der Waals surface area (Å²) < 4.78 is 2.29. The van der Waals surface area contributed by atoms with Gasteiger partial charge >= 0.3 is 0 Å². The van der Waals surface area contributed by atoms with Crippen LogP contribution in [0.4, 0.5) is 0 Å². The molecule has 2 aromatic heterocycles. The molecule has 0 unspecified atom stereocenters. The summed E-state index contributed by atoms with van der Waals surface area (Å²) in [6.45, 7) is 1.56. The van der Waals surface area contributed by atoms with Gasteiger partial charge in [-0.3, -0.25) is 4.79 Å². The van der Waals surface area contributed by atoms with Crippen LogP contribution in [0.5, 0.6) is 0 Å². The van der Waals surface area contributed by atoms with Gasteiger partial charge in [-0.25, -0.2) is 15.0 Å². The van der Waals surface area contributed by atoms with Crippen molar-refractivity contribution < 1.29 is 4.79 Å². The maximum Gasteiger partial charge on any atom is 0.164 e. The third-order valence-corrected chi connectivity index (χ3v) is 7.18. The summed E-state index contributed by atoms with van der Waals surface area (Å²) in [7, 11) is 0. The van der Waals surface area contributed by atoms with Gasteiger partial charge in [-0.1, -0.05) is 91.0 Å². The Bertz CT molecular complexity index is 1950. The molecule has 0 atom stereocenters. The van der Waals surface area contributed by atoms with E-state index in [0.29, 0.717) is 23.0 Å². The molecule has 190 valence electrons. The number of hydrogen-bond acceptors (Lipinski definition) is 4. The third-order valence-electron chi connectivity index (χ3n) is 7.18. The van der Waals surface area contributed by atoms with Crippen LogP contribution in [0.25, 0.3) is 61.7 Å². The number of carbonyl (C=O) groups is 1. The van der Waals surface area contributed by atoms with Gasteiger partial charge in [0.15, 0.2) is 23.3 Å². The Hall–Kier alpha value is -5.42. The van der Waals surface area contributed by atoms with Crippen molar-refractivity contribution >= 4 is 27.6 Å². The van der Waals surface area contributed by atoms with Crippen molar-refractivity contribution in [2.75, 3.05) is 0 Å². The number of fused-ring (bicyclic) bond motifs is 3. The fourth-order valence-corrected chi connectivity index (χ4v) is 5.16. The molecule has 5 heteroatoms. The summed E-state index contributed by atoms with van der Waals surface area (Å²) in [5.41, 5.74) is 6.69. The molecule has 0 spiro atoms. The van der Waals surface area contributed by atoms with E-state index in [1.54, 1.807) is 6.92 Å². The number of nitrogens with zero attached hydrogens (tertiary/aromatic N) is 4. The standard InChI is InChI=1S/C35H24N4O/c1-23(40)24-15-17-26(18-16-24)34-36-33(25-9-3-2-4-10-25)37-35(38-34)27-19-21-28(22-20-27)39-31-13-7-5-11-29(31)30-12-6-8-14-32(30)39/h2-22H,1H3. The number of aromatic nitrogens is 4. The Balaban J connectivity index is 1.35. The molecule has 0 amide bonds. The molecule has 2 heterocycles. The summed E-state index contributed by atoms with van der Waals surface area (Å²) in [5.74, 6) is 1.78. The highest BCUT2D eigenvalue weighted by atomic mass is 16.1. The lowest BCUT2D eigenvalue weighted by Gasteiger charge is -2.11. The van der Waals surface area contributed by atoms with Crippen LogP contribution in [0.1, 0.15) is 17.3 Å². The number of ketones is 1. The number of para-hydroxylation sites is 2. The van der Waals surface area contributed by atoms with Gasteiger partial charge in [0.25, 0.3) is 0 Å². The van der Waals surface area contributed by atoms with Gasteiger partial charge in [-0.2, -0.15) is 0 Å². The van der Waals surface area contributed by atoms with Crippen molar-refractivity contribution in [2.45, 2.75) is 6.92 Å². The van der Waals surface area contributed by atoms with E-state index >= 15 is 0 Å². The first-order chi connectivity index (χ1) is 19.7. The van der Waals surface area contributed by atoms with Crippen molar-refractivity contribution in [3.05, 3.63) is 133 Å². The number of Topliss-reactive ketones (excluding diaryl/α,β-unsaturated/α-hetero) is 1. The summed E-state index contributed by atoms with van der Waals surface area (Å²) >= 11 is 0. The molecular weight excluding hydrogens is 492 g/mol. The molecule has 0 aliphatic heterocycles. The molecule has 5 aromatic carbocycles. The van der Waals surface area contributed by atoms with Gasteiger partial charge in [0.1, 0.15) is 0 Å². The Morgan fingerprint density at radius 1 is 0.500 bits per heavy atom. The highest BCUT2D eigenvalue weighted by Gasteiger charge is 2.15. The van der Waals surface area contributed by atoms with Crippen LogP contribution in [-0.2, 0) is 0 Å². The molecule has 0 radical (unpaired) electrons. The Kier molecular flexibility index (Phi) is 5.75. The lowest BCUT2D eigenvalue weighted by atomic mass is 10.1. The second-order valence-corrected chi connectivity index (χ2v) is 9.72. The first kappa shape index (κ1) is 23.7. The second-order valence-electron chi connectivity index (χ2n) is 9.72. The Morgan fingerprint density at radius 3 is 1.43 bits per heavy atom. The van der Waals surface area contributed by atoms with Gasteiger partial charge in [-0.05, 0) is 43.3 Å². The van der Waals surface area contributed by atoms with Gasteiger partial charge in [0.2, 0.25) is 0 Å². The van der Waals surface area contributed by atoms with E-state index < -0.39 is 0 Å². The fourth-order valence-electron chi connectivity index (χ4n) is 5.16. The average molecular weight is 517 g/mol. The van der Waals surface area contributed by atoms with Crippen LogP contribution in [0.3, 0.4) is 0 Å². The van der Waals surface area contributed by atoms with E-state index in [2.05, 4.69) is 77.4 Å². The molecule has 5 nitrogen and oxygen atoms in total. The largest absolute Gasteiger partial charge is 0.309 e. The molecular formula is C35H24N4O. The summed E-state index contributed by atoms with van der Waals surface area (Å²) in [6.07, 6.45) is 0. The van der Waals surface area contributed by atoms with Gasteiger partial charge < -0.3 is 4.57 Å². The molecule has 0 N–H and O–H groups in total. The zero-order valence-electron chi connectivity index (χ0n) is 21.8. The molecule has 7 rings (SSSR count). The lowest BCUT2D eigenvalue weighted by molar-refractivity contribution is 0.101. The molecule has 40 heavy (non-hydrogen) atoms. The topological polar surface area (TPSA) is 60.7 Å². The summed E-state index contributed by atoms with van der Waals surface area (Å²) in [6, 6.07) is 42.6. The van der Waals surface area contributed by atoms with Crippen LogP contribution in [0, 0.1) is 0 Å². The average Bonchev–Trinajstić information content (AvgIpc) is 3.36. The van der Waals surface area contributed by atoms with E-state index in [-0.39, 0.29) is 5.78 Å². The highest BCUT2D eigenvalue weighted by Crippen LogP contribution is 2.32. The van der Waals surface area contributed by atoms with Crippen molar-refractivity contribution in [1.29, 1.82) is 0 Å². The van der Waals surface area contributed by atoms with E-state index in [1.165, 1.54) is 21.8 Å². The maximum atomic E-state index is 11.8. The number of carbonyl (C=O) groups excluding carboxylic acids is 1. The van der Waals surface area contributed by atoms with E-state index in [0.717, 1.165) is 22.4 Å². The maximum absolute atomic E-state index is 11.8. The number of benzene rings is 5. The van der Waals surface area contributed by atoms with Crippen LogP contribution in [-0.4, -0.2) is 25.3 Å². The fraction of sp³-hybridized carbons (Fsp3) is 0.0286. The van der Waals surface area contributed by atoms with Crippen LogP contribution >= 0.6 is 0 Å². The van der Waals surface area contributed by atoms with Crippen LogP contribution in [0.2, 0.25) is 0 Å². The van der Waals surface area contributed by atoms with E-state index in [9.17, 15) is 4.79 Å². The smallest absolute Gasteiger partial charge is 0.164 e. The third kappa shape index (κ3) is 4.14. The lowest BCUT2D eigenvalue weighted by Crippen LogP contribution is -2.01. The van der Waals surface area contributed by atoms with E-state index in [4.69, 9.17) is 15.0 Å². The molecule has 7 aromatic rings. The molecule has 0 aliphatic rings. The molecule has 0 bridgehead atoms. The van der Waals surface area contributed by atoms with Crippen molar-refractivity contribution in [3.63, 3.8) is 0 Å².